The van der Waals surface area contributed by atoms with E-state index >= 15 is 0 Å². The second kappa shape index (κ2) is 3.99. The first kappa shape index (κ1) is 15.0. The number of carboxylic acids is 1. The fraction of sp³-hybridized carbons (Fsp3) is 0.889. The van der Waals surface area contributed by atoms with E-state index in [4.69, 9.17) is 16.7 Å². The molecule has 3 nitrogen and oxygen atoms in total. The molecule has 100 valence electrons. The quantitative estimate of drug-likeness (QED) is 0.777. The summed E-state index contributed by atoms with van der Waals surface area (Å²) in [6, 6.07) is 0. The molecular weight excluding hydrogens is 328 g/mol. The zero-order valence-corrected chi connectivity index (χ0v) is 11.3. The zero-order valence-electron chi connectivity index (χ0n) is 8.92. The molecule has 0 saturated heterocycles. The van der Waals surface area contributed by atoms with Gasteiger partial charge < -0.3 is 10.2 Å². The average molecular weight is 340 g/mol. The lowest BCUT2D eigenvalue weighted by molar-refractivity contribution is -0.265. The minimum atomic E-state index is -5.00. The summed E-state index contributed by atoms with van der Waals surface area (Å²) in [5.41, 5.74) is -4.42. The van der Waals surface area contributed by atoms with Gasteiger partial charge in [-0.15, -0.1) is 11.6 Å². The third-order valence-electron chi connectivity index (χ3n) is 3.35. The molecule has 0 amide bonds. The number of aliphatic carboxylic acids is 1. The molecule has 0 radical (unpaired) electrons. The Morgan fingerprint density at radius 2 is 1.88 bits per heavy atom. The molecule has 0 spiro atoms. The van der Waals surface area contributed by atoms with Crippen LogP contribution in [0.3, 0.4) is 0 Å². The maximum atomic E-state index is 12.9. The van der Waals surface area contributed by atoms with Crippen molar-refractivity contribution in [3.63, 3.8) is 0 Å². The number of aliphatic hydroxyl groups is 1. The number of carbonyl (C=O) groups is 1. The van der Waals surface area contributed by atoms with Gasteiger partial charge in [0.15, 0.2) is 5.60 Å². The summed E-state index contributed by atoms with van der Waals surface area (Å²) in [5, 5.41) is 18.6. The molecule has 17 heavy (non-hydrogen) atoms. The summed E-state index contributed by atoms with van der Waals surface area (Å²) in [5.74, 6) is -4.12. The normalized spacial score (nSPS) is 32.7. The molecule has 8 heteroatoms. The molecule has 0 heterocycles. The first-order valence-corrected chi connectivity index (χ1v) is 6.03. The number of halogens is 5. The largest absolute Gasteiger partial charge is 0.481 e. The summed E-state index contributed by atoms with van der Waals surface area (Å²) in [7, 11) is 0. The van der Waals surface area contributed by atoms with Crippen LogP contribution >= 0.6 is 27.5 Å². The van der Waals surface area contributed by atoms with Gasteiger partial charge in [0.2, 0.25) is 0 Å². The maximum absolute atomic E-state index is 12.9. The molecule has 0 aliphatic heterocycles. The van der Waals surface area contributed by atoms with E-state index in [1.54, 1.807) is 0 Å². The summed E-state index contributed by atoms with van der Waals surface area (Å²) in [6.07, 6.45) is -5.00. The van der Waals surface area contributed by atoms with Crippen LogP contribution in [0.4, 0.5) is 13.2 Å². The van der Waals surface area contributed by atoms with Crippen molar-refractivity contribution in [3.8, 4) is 0 Å². The molecule has 1 fully saturated rings. The van der Waals surface area contributed by atoms with Crippen LogP contribution in [0, 0.1) is 17.3 Å². The number of hydrogen-bond acceptors (Lipinski definition) is 2. The first-order valence-electron chi connectivity index (χ1n) is 4.68. The molecule has 0 bridgehead atoms. The molecule has 0 aromatic heterocycles. The van der Waals surface area contributed by atoms with Crippen LogP contribution < -0.4 is 0 Å². The van der Waals surface area contributed by atoms with E-state index in [9.17, 15) is 23.1 Å². The van der Waals surface area contributed by atoms with Crippen molar-refractivity contribution in [1.82, 2.24) is 0 Å². The van der Waals surface area contributed by atoms with Gasteiger partial charge in [-0.3, -0.25) is 4.79 Å². The number of rotatable bonds is 3. The summed E-state index contributed by atoms with van der Waals surface area (Å²) in [4.78, 5) is 10.8. The SMILES string of the molecule is CC1(C)C(C(=O)O)C1C(O)(C(Cl)Br)C(F)(F)F. The highest BCUT2D eigenvalue weighted by Crippen LogP contribution is 2.67. The summed E-state index contributed by atoms with van der Waals surface area (Å²) in [6.45, 7) is 2.72. The van der Waals surface area contributed by atoms with Gasteiger partial charge in [-0.2, -0.15) is 13.2 Å². The highest BCUT2D eigenvalue weighted by Gasteiger charge is 2.78. The Kier molecular flexibility index (Phi) is 3.54. The third-order valence-corrected chi connectivity index (χ3v) is 4.39. The zero-order chi connectivity index (χ0) is 13.8. The Hall–Kier alpha value is -0.0100. The van der Waals surface area contributed by atoms with Gasteiger partial charge >= 0.3 is 12.1 Å². The van der Waals surface area contributed by atoms with Crippen molar-refractivity contribution in [2.45, 2.75) is 29.9 Å². The first-order chi connectivity index (χ1) is 7.38. The highest BCUT2D eigenvalue weighted by molar-refractivity contribution is 9.10. The lowest BCUT2D eigenvalue weighted by Gasteiger charge is -2.33. The standard InChI is InChI=1S/C9H11BrClF3O3/c1-7(2)3(5(15)16)4(7)8(17,6(10)11)9(12,13)14/h3-4,6,17H,1-2H3,(H,15,16). The van der Waals surface area contributed by atoms with Gasteiger partial charge in [-0.1, -0.05) is 29.8 Å². The number of alkyl halides is 5. The minimum Gasteiger partial charge on any atom is -0.481 e. The van der Waals surface area contributed by atoms with Crippen LogP contribution in [-0.2, 0) is 4.79 Å². The van der Waals surface area contributed by atoms with Crippen LogP contribution in [-0.4, -0.2) is 32.2 Å². The second-order valence-corrected chi connectivity index (χ2v) is 6.62. The van der Waals surface area contributed by atoms with Gasteiger partial charge in [0.1, 0.15) is 4.29 Å². The van der Waals surface area contributed by atoms with E-state index < -0.39 is 39.3 Å². The third kappa shape index (κ3) is 2.06. The van der Waals surface area contributed by atoms with Gasteiger partial charge in [0.05, 0.1) is 5.92 Å². The van der Waals surface area contributed by atoms with Gasteiger partial charge in [0, 0.05) is 5.92 Å². The van der Waals surface area contributed by atoms with E-state index in [2.05, 4.69) is 15.9 Å². The highest BCUT2D eigenvalue weighted by atomic mass is 79.9. The van der Waals surface area contributed by atoms with Crippen molar-refractivity contribution in [2.75, 3.05) is 0 Å². The topological polar surface area (TPSA) is 57.5 Å². The van der Waals surface area contributed by atoms with Crippen LogP contribution in [0.15, 0.2) is 0 Å². The molecular formula is C9H11BrClF3O3. The van der Waals surface area contributed by atoms with E-state index in [1.165, 1.54) is 13.8 Å². The molecule has 1 saturated carbocycles. The Labute approximate surface area is 109 Å². The van der Waals surface area contributed by atoms with Crippen LogP contribution in [0.25, 0.3) is 0 Å². The Morgan fingerprint density at radius 1 is 1.47 bits per heavy atom. The van der Waals surface area contributed by atoms with Crippen molar-refractivity contribution in [3.05, 3.63) is 0 Å². The predicted octanol–water partition coefficient (Wildman–Crippen LogP) is 2.60. The lowest BCUT2D eigenvalue weighted by atomic mass is 9.93. The number of hydrogen-bond donors (Lipinski definition) is 2. The fourth-order valence-corrected chi connectivity index (χ4v) is 3.16. The van der Waals surface area contributed by atoms with Crippen molar-refractivity contribution in [1.29, 1.82) is 0 Å². The molecule has 0 aromatic rings. The Morgan fingerprint density at radius 3 is 2.06 bits per heavy atom. The smallest absolute Gasteiger partial charge is 0.419 e. The number of carboxylic acid groups (broad SMARTS) is 1. The van der Waals surface area contributed by atoms with Crippen LogP contribution in [0.5, 0.6) is 0 Å². The van der Waals surface area contributed by atoms with Gasteiger partial charge in [-0.25, -0.2) is 0 Å². The van der Waals surface area contributed by atoms with Crippen molar-refractivity contribution >= 4 is 33.5 Å². The van der Waals surface area contributed by atoms with Crippen LogP contribution in [0.2, 0.25) is 0 Å². The molecule has 1 aliphatic rings. The molecule has 4 unspecified atom stereocenters. The van der Waals surface area contributed by atoms with E-state index in [1.807, 2.05) is 0 Å². The Bertz CT molecular complexity index is 345. The molecule has 2 N–H and O–H groups in total. The molecule has 1 rings (SSSR count). The van der Waals surface area contributed by atoms with E-state index in [-0.39, 0.29) is 0 Å². The maximum Gasteiger partial charge on any atom is 0.419 e. The average Bonchev–Trinajstić information content (AvgIpc) is 2.65. The summed E-state index contributed by atoms with van der Waals surface area (Å²) >= 11 is 7.86. The van der Waals surface area contributed by atoms with Crippen molar-refractivity contribution < 1.29 is 28.2 Å². The van der Waals surface area contributed by atoms with Crippen molar-refractivity contribution in [2.24, 2.45) is 17.3 Å². The lowest BCUT2D eigenvalue weighted by Crippen LogP contribution is -2.53. The van der Waals surface area contributed by atoms with E-state index in [0.717, 1.165) is 0 Å². The van der Waals surface area contributed by atoms with Gasteiger partial charge in [0.25, 0.3) is 0 Å². The minimum absolute atomic E-state index is 1.16. The molecule has 4 atom stereocenters. The summed E-state index contributed by atoms with van der Waals surface area (Å²) < 4.78 is 36.8. The molecule has 1 aliphatic carbocycles. The molecule has 0 aromatic carbocycles. The van der Waals surface area contributed by atoms with Crippen LogP contribution in [0.1, 0.15) is 13.8 Å². The Balaban J connectivity index is 3.17. The monoisotopic (exact) mass is 338 g/mol. The second-order valence-electron chi connectivity index (χ2n) is 4.74. The van der Waals surface area contributed by atoms with E-state index in [0.29, 0.717) is 0 Å². The fourth-order valence-electron chi connectivity index (χ4n) is 2.36. The predicted molar refractivity (Wildman–Crippen MR) is 58.0 cm³/mol. The van der Waals surface area contributed by atoms with Gasteiger partial charge in [-0.05, 0) is 5.41 Å².